The summed E-state index contributed by atoms with van der Waals surface area (Å²) >= 11 is 9.32. The number of aryl methyl sites for hydroxylation is 1. The van der Waals surface area contributed by atoms with Crippen molar-refractivity contribution in [2.45, 2.75) is 17.9 Å². The summed E-state index contributed by atoms with van der Waals surface area (Å²) in [6.07, 6.45) is 2.39. The van der Waals surface area contributed by atoms with E-state index >= 15 is 0 Å². The average Bonchev–Trinajstić information content (AvgIpc) is 2.79. The van der Waals surface area contributed by atoms with Crippen LogP contribution in [0.15, 0.2) is 40.3 Å². The van der Waals surface area contributed by atoms with Crippen molar-refractivity contribution in [1.29, 1.82) is 0 Å². The lowest BCUT2D eigenvalue weighted by Gasteiger charge is -2.08. The third-order valence-electron chi connectivity index (χ3n) is 3.82. The van der Waals surface area contributed by atoms with Gasteiger partial charge in [0.15, 0.2) is 0 Å². The maximum absolute atomic E-state index is 12.6. The number of halogens is 1. The van der Waals surface area contributed by atoms with E-state index < -0.39 is 0 Å². The molecule has 22 heavy (non-hydrogen) atoms. The first-order valence-electron chi connectivity index (χ1n) is 7.08. The van der Waals surface area contributed by atoms with Crippen LogP contribution in [0, 0.1) is 0 Å². The highest BCUT2D eigenvalue weighted by Crippen LogP contribution is 2.46. The van der Waals surface area contributed by atoms with E-state index in [2.05, 4.69) is 29.2 Å². The normalized spacial score (nSPS) is 13.7. The first-order chi connectivity index (χ1) is 10.8. The number of rotatable bonds is 2. The number of hydrogen-bond donors (Lipinski definition) is 0. The predicted octanol–water partition coefficient (Wildman–Crippen LogP) is 4.01. The molecule has 0 aliphatic carbocycles. The van der Waals surface area contributed by atoms with E-state index in [0.29, 0.717) is 12.4 Å². The van der Waals surface area contributed by atoms with Crippen molar-refractivity contribution >= 4 is 44.8 Å². The first-order valence-corrected chi connectivity index (χ1v) is 9.42. The van der Waals surface area contributed by atoms with Gasteiger partial charge in [-0.1, -0.05) is 18.2 Å². The number of benzene rings is 1. The van der Waals surface area contributed by atoms with Gasteiger partial charge in [0, 0.05) is 38.7 Å². The van der Waals surface area contributed by atoms with Gasteiger partial charge < -0.3 is 0 Å². The molecule has 3 heterocycles. The zero-order chi connectivity index (χ0) is 15.1. The van der Waals surface area contributed by atoms with Gasteiger partial charge in [-0.15, -0.1) is 34.7 Å². The Bertz CT molecular complexity index is 916. The third kappa shape index (κ3) is 2.19. The van der Waals surface area contributed by atoms with E-state index in [9.17, 15) is 4.79 Å². The summed E-state index contributed by atoms with van der Waals surface area (Å²) < 4.78 is 2.87. The molecule has 0 N–H and O–H groups in total. The van der Waals surface area contributed by atoms with Gasteiger partial charge in [-0.25, -0.2) is 4.98 Å². The number of fused-ring (bicyclic) bond motifs is 5. The lowest BCUT2D eigenvalue weighted by molar-refractivity contribution is 0.701. The largest absolute Gasteiger partial charge is 0.298 e. The zero-order valence-electron chi connectivity index (χ0n) is 11.7. The second-order valence-corrected chi connectivity index (χ2v) is 7.65. The number of thiophene rings is 1. The number of aromatic nitrogens is 2. The van der Waals surface area contributed by atoms with Gasteiger partial charge in [-0.05, 0) is 12.5 Å². The van der Waals surface area contributed by atoms with E-state index in [4.69, 9.17) is 11.6 Å². The van der Waals surface area contributed by atoms with Crippen molar-refractivity contribution in [1.82, 2.24) is 9.55 Å². The summed E-state index contributed by atoms with van der Waals surface area (Å²) in [7, 11) is 0. The SMILES string of the molecule is O=c1c2c(ncn1CCCl)-c1sc3ccccc3c1SCC2. The quantitative estimate of drug-likeness (QED) is 0.656. The highest BCUT2D eigenvalue weighted by Gasteiger charge is 2.23. The Morgan fingerprint density at radius 1 is 1.32 bits per heavy atom. The van der Waals surface area contributed by atoms with Crippen LogP contribution in [-0.2, 0) is 13.0 Å². The molecular formula is C16H13ClN2OS2. The molecule has 0 radical (unpaired) electrons. The van der Waals surface area contributed by atoms with Crippen LogP contribution in [0.5, 0.6) is 0 Å². The molecule has 0 atom stereocenters. The van der Waals surface area contributed by atoms with Crippen LogP contribution in [-0.4, -0.2) is 21.2 Å². The summed E-state index contributed by atoms with van der Waals surface area (Å²) in [4.78, 5) is 19.6. The molecule has 1 aliphatic rings. The summed E-state index contributed by atoms with van der Waals surface area (Å²) in [6, 6.07) is 8.39. The topological polar surface area (TPSA) is 34.9 Å². The molecule has 3 aromatic rings. The molecule has 4 rings (SSSR count). The van der Waals surface area contributed by atoms with Crippen LogP contribution >= 0.6 is 34.7 Å². The van der Waals surface area contributed by atoms with Gasteiger partial charge in [0.25, 0.3) is 5.56 Å². The monoisotopic (exact) mass is 348 g/mol. The van der Waals surface area contributed by atoms with Crippen LogP contribution < -0.4 is 5.56 Å². The molecule has 3 nitrogen and oxygen atoms in total. The molecule has 2 aromatic heterocycles. The van der Waals surface area contributed by atoms with Gasteiger partial charge in [-0.3, -0.25) is 9.36 Å². The van der Waals surface area contributed by atoms with Crippen molar-refractivity contribution in [3.05, 3.63) is 46.5 Å². The molecule has 0 saturated carbocycles. The Hall–Kier alpha value is -1.30. The maximum atomic E-state index is 12.6. The molecule has 0 saturated heterocycles. The Morgan fingerprint density at radius 3 is 3.05 bits per heavy atom. The fraction of sp³-hybridized carbons (Fsp3) is 0.250. The van der Waals surface area contributed by atoms with E-state index in [1.54, 1.807) is 22.2 Å². The molecule has 0 amide bonds. The number of thioether (sulfide) groups is 1. The fourth-order valence-electron chi connectivity index (χ4n) is 2.78. The van der Waals surface area contributed by atoms with Crippen molar-refractivity contribution in [2.75, 3.05) is 11.6 Å². The van der Waals surface area contributed by atoms with Gasteiger partial charge in [0.1, 0.15) is 0 Å². The molecule has 0 fully saturated rings. The minimum absolute atomic E-state index is 0.0524. The van der Waals surface area contributed by atoms with Crippen LogP contribution in [0.25, 0.3) is 20.7 Å². The number of nitrogens with zero attached hydrogens (tertiary/aromatic N) is 2. The van der Waals surface area contributed by atoms with Crippen LogP contribution in [0.2, 0.25) is 0 Å². The molecular weight excluding hydrogens is 336 g/mol. The lowest BCUT2D eigenvalue weighted by atomic mass is 10.1. The van der Waals surface area contributed by atoms with Crippen molar-refractivity contribution < 1.29 is 0 Å². The molecule has 0 bridgehead atoms. The maximum Gasteiger partial charge on any atom is 0.257 e. The summed E-state index contributed by atoms with van der Waals surface area (Å²) in [5, 5.41) is 1.27. The molecule has 0 spiro atoms. The predicted molar refractivity (Wildman–Crippen MR) is 94.5 cm³/mol. The zero-order valence-corrected chi connectivity index (χ0v) is 14.1. The molecule has 6 heteroatoms. The van der Waals surface area contributed by atoms with E-state index in [1.165, 1.54) is 15.0 Å². The van der Waals surface area contributed by atoms with Gasteiger partial charge in [0.2, 0.25) is 0 Å². The Morgan fingerprint density at radius 2 is 2.18 bits per heavy atom. The Kier molecular flexibility index (Phi) is 3.72. The minimum Gasteiger partial charge on any atom is -0.298 e. The van der Waals surface area contributed by atoms with Crippen molar-refractivity contribution in [2.24, 2.45) is 0 Å². The van der Waals surface area contributed by atoms with Crippen molar-refractivity contribution in [3.63, 3.8) is 0 Å². The number of alkyl halides is 1. The lowest BCUT2D eigenvalue weighted by Crippen LogP contribution is -2.26. The summed E-state index contributed by atoms with van der Waals surface area (Å²) in [6.45, 7) is 0.507. The van der Waals surface area contributed by atoms with E-state index in [0.717, 1.165) is 28.3 Å². The van der Waals surface area contributed by atoms with Gasteiger partial charge >= 0.3 is 0 Å². The Labute approximate surface area is 141 Å². The second kappa shape index (κ2) is 5.72. The highest BCUT2D eigenvalue weighted by atomic mass is 35.5. The smallest absolute Gasteiger partial charge is 0.257 e. The summed E-state index contributed by atoms with van der Waals surface area (Å²) in [5.74, 6) is 1.33. The highest BCUT2D eigenvalue weighted by molar-refractivity contribution is 7.99. The molecule has 1 aliphatic heterocycles. The van der Waals surface area contributed by atoms with Crippen LogP contribution in [0.3, 0.4) is 0 Å². The molecule has 0 unspecified atom stereocenters. The van der Waals surface area contributed by atoms with E-state index in [1.807, 2.05) is 11.8 Å². The Balaban J connectivity index is 1.99. The first kappa shape index (κ1) is 14.3. The number of hydrogen-bond acceptors (Lipinski definition) is 4. The standard InChI is InChI=1S/C16H13ClN2OS2/c17-6-7-19-9-18-13-11(16(19)20)5-8-21-14-10-3-1-2-4-12(10)22-15(13)14/h1-4,9H,5-8H2. The van der Waals surface area contributed by atoms with Gasteiger partial charge in [0.05, 0.1) is 16.9 Å². The fourth-order valence-corrected chi connectivity index (χ4v) is 5.52. The van der Waals surface area contributed by atoms with Crippen molar-refractivity contribution in [3.8, 4) is 10.6 Å². The second-order valence-electron chi connectivity index (χ2n) is 5.11. The third-order valence-corrected chi connectivity index (χ3v) is 6.42. The summed E-state index contributed by atoms with van der Waals surface area (Å²) in [5.41, 5.74) is 1.74. The molecule has 1 aromatic carbocycles. The minimum atomic E-state index is 0.0524. The van der Waals surface area contributed by atoms with E-state index in [-0.39, 0.29) is 5.56 Å². The molecule has 112 valence electrons. The van der Waals surface area contributed by atoms with Crippen LogP contribution in [0.4, 0.5) is 0 Å². The van der Waals surface area contributed by atoms with Gasteiger partial charge in [-0.2, -0.15) is 0 Å². The average molecular weight is 349 g/mol. The van der Waals surface area contributed by atoms with Crippen LogP contribution in [0.1, 0.15) is 5.56 Å².